The molecule has 21 heavy (non-hydrogen) atoms. The van der Waals surface area contributed by atoms with Gasteiger partial charge in [0, 0.05) is 37.3 Å². The average molecular weight is 290 g/mol. The molecule has 2 aliphatic heterocycles. The van der Waals surface area contributed by atoms with E-state index in [-0.39, 0.29) is 5.92 Å². The van der Waals surface area contributed by atoms with Crippen molar-refractivity contribution in [3.8, 4) is 0 Å². The van der Waals surface area contributed by atoms with Gasteiger partial charge in [-0.15, -0.1) is 0 Å². The van der Waals surface area contributed by atoms with E-state index >= 15 is 0 Å². The summed E-state index contributed by atoms with van der Waals surface area (Å²) in [5.74, 6) is 1.20. The molecule has 0 unspecified atom stereocenters. The van der Waals surface area contributed by atoms with Crippen LogP contribution in [0.4, 0.5) is 5.82 Å². The zero-order valence-corrected chi connectivity index (χ0v) is 12.6. The van der Waals surface area contributed by atoms with E-state index in [1.807, 2.05) is 17.9 Å². The van der Waals surface area contributed by atoms with Crippen molar-refractivity contribution in [2.45, 2.75) is 25.7 Å². The second-order valence-electron chi connectivity index (χ2n) is 6.27. The van der Waals surface area contributed by atoms with Crippen molar-refractivity contribution in [3.63, 3.8) is 0 Å². The Kier molecular flexibility index (Phi) is 3.80. The molecule has 2 fully saturated rings. The number of likely N-dealkylation sites (N-methyl/N-ethyl adjacent to an activating group) is 1. The smallest absolute Gasteiger partial charge is 0.310 e. The van der Waals surface area contributed by atoms with E-state index < -0.39 is 5.97 Å². The van der Waals surface area contributed by atoms with E-state index in [1.54, 1.807) is 0 Å². The molecule has 1 aromatic rings. The summed E-state index contributed by atoms with van der Waals surface area (Å²) in [6.45, 7) is 5.23. The van der Waals surface area contributed by atoms with Crippen LogP contribution in [0.2, 0.25) is 0 Å². The Balaban J connectivity index is 1.76. The van der Waals surface area contributed by atoms with Crippen molar-refractivity contribution in [2.24, 2.45) is 5.92 Å². The molecule has 2 saturated heterocycles. The number of piperidine rings is 1. The summed E-state index contributed by atoms with van der Waals surface area (Å²) >= 11 is 0. The minimum absolute atomic E-state index is 0.260. The van der Waals surface area contributed by atoms with Crippen LogP contribution < -0.4 is 4.90 Å². The van der Waals surface area contributed by atoms with Crippen LogP contribution in [0.5, 0.6) is 0 Å². The summed E-state index contributed by atoms with van der Waals surface area (Å²) in [6.07, 6.45) is 2.31. The number of carboxylic acids is 1. The molecule has 6 nitrogen and oxygen atoms in total. The number of carboxylic acid groups (broad SMARTS) is 1. The monoisotopic (exact) mass is 290 g/mol. The van der Waals surface area contributed by atoms with Gasteiger partial charge in [-0.3, -0.25) is 4.79 Å². The number of aryl methyl sites for hydroxylation is 1. The van der Waals surface area contributed by atoms with Crippen molar-refractivity contribution in [1.82, 2.24) is 14.9 Å². The first kappa shape index (κ1) is 14.3. The molecule has 3 heterocycles. The maximum atomic E-state index is 10.9. The molecule has 0 spiro atoms. The van der Waals surface area contributed by atoms with Crippen LogP contribution in [0.1, 0.15) is 30.3 Å². The minimum Gasteiger partial charge on any atom is -0.481 e. The van der Waals surface area contributed by atoms with E-state index in [0.29, 0.717) is 19.0 Å². The second-order valence-corrected chi connectivity index (χ2v) is 6.27. The number of nitrogens with zero attached hydrogens (tertiary/aromatic N) is 4. The summed E-state index contributed by atoms with van der Waals surface area (Å²) in [5, 5.41) is 8.98. The van der Waals surface area contributed by atoms with Crippen molar-refractivity contribution < 1.29 is 9.90 Å². The number of hydrogen-bond donors (Lipinski definition) is 1. The lowest BCUT2D eigenvalue weighted by molar-refractivity contribution is -0.142. The van der Waals surface area contributed by atoms with Gasteiger partial charge in [0.1, 0.15) is 11.6 Å². The summed E-state index contributed by atoms with van der Waals surface area (Å²) in [4.78, 5) is 24.6. The van der Waals surface area contributed by atoms with Crippen molar-refractivity contribution in [2.75, 3.05) is 38.1 Å². The Morgan fingerprint density at radius 3 is 2.76 bits per heavy atom. The quantitative estimate of drug-likeness (QED) is 0.899. The van der Waals surface area contributed by atoms with Crippen molar-refractivity contribution >= 4 is 11.8 Å². The third kappa shape index (κ3) is 3.00. The van der Waals surface area contributed by atoms with E-state index in [0.717, 1.165) is 36.8 Å². The van der Waals surface area contributed by atoms with Gasteiger partial charge in [-0.05, 0) is 33.4 Å². The molecule has 114 valence electrons. The molecule has 2 aliphatic rings. The topological polar surface area (TPSA) is 69.6 Å². The van der Waals surface area contributed by atoms with E-state index in [2.05, 4.69) is 16.9 Å². The van der Waals surface area contributed by atoms with Crippen LogP contribution in [0.25, 0.3) is 0 Å². The number of likely N-dealkylation sites (tertiary alicyclic amines) is 1. The predicted molar refractivity (Wildman–Crippen MR) is 79.6 cm³/mol. The lowest BCUT2D eigenvalue weighted by Gasteiger charge is -2.38. The maximum Gasteiger partial charge on any atom is 0.310 e. The Morgan fingerprint density at radius 2 is 2.10 bits per heavy atom. The highest BCUT2D eigenvalue weighted by Gasteiger charge is 2.34. The zero-order valence-electron chi connectivity index (χ0n) is 12.6. The fourth-order valence-corrected chi connectivity index (χ4v) is 3.12. The van der Waals surface area contributed by atoms with Crippen LogP contribution >= 0.6 is 0 Å². The Morgan fingerprint density at radius 1 is 1.33 bits per heavy atom. The lowest BCUT2D eigenvalue weighted by atomic mass is 9.97. The molecule has 0 saturated carbocycles. The molecule has 1 atom stereocenters. The Bertz CT molecular complexity index is 542. The number of aliphatic carboxylic acids is 1. The Hall–Kier alpha value is -1.69. The van der Waals surface area contributed by atoms with Gasteiger partial charge in [0.25, 0.3) is 0 Å². The van der Waals surface area contributed by atoms with Crippen LogP contribution in [0.3, 0.4) is 0 Å². The van der Waals surface area contributed by atoms with Crippen LogP contribution in [0, 0.1) is 12.8 Å². The maximum absolute atomic E-state index is 10.9. The van der Waals surface area contributed by atoms with Gasteiger partial charge >= 0.3 is 5.97 Å². The van der Waals surface area contributed by atoms with Crippen molar-refractivity contribution in [1.29, 1.82) is 0 Å². The molecule has 6 heteroatoms. The highest BCUT2D eigenvalue weighted by molar-refractivity contribution is 5.74. The number of hydrogen-bond acceptors (Lipinski definition) is 5. The standard InChI is InChI=1S/C15H22N4O2/c1-10-6-13(19-8-12(9-19)15(20)21)17-14(16-10)11-4-3-5-18(2)7-11/h6,11-12H,3-5,7-9H2,1-2H3,(H,20,21)/t11-/m0/s1. The van der Waals surface area contributed by atoms with Gasteiger partial charge in [0.15, 0.2) is 0 Å². The summed E-state index contributed by atoms with van der Waals surface area (Å²) < 4.78 is 0. The van der Waals surface area contributed by atoms with Gasteiger partial charge in [0.05, 0.1) is 5.92 Å². The SMILES string of the molecule is Cc1cc(N2CC(C(=O)O)C2)nc([C@H]2CCCN(C)C2)n1. The first-order valence-electron chi connectivity index (χ1n) is 7.55. The van der Waals surface area contributed by atoms with Crippen LogP contribution in [-0.2, 0) is 4.79 Å². The van der Waals surface area contributed by atoms with Crippen LogP contribution in [-0.4, -0.2) is 59.2 Å². The fraction of sp³-hybridized carbons (Fsp3) is 0.667. The molecule has 0 radical (unpaired) electrons. The summed E-state index contributed by atoms with van der Waals surface area (Å²) in [6, 6.07) is 1.95. The summed E-state index contributed by atoms with van der Waals surface area (Å²) in [7, 11) is 2.13. The first-order chi connectivity index (χ1) is 10.0. The highest BCUT2D eigenvalue weighted by atomic mass is 16.4. The third-order valence-electron chi connectivity index (χ3n) is 4.40. The average Bonchev–Trinajstić information content (AvgIpc) is 2.35. The number of rotatable bonds is 3. The van der Waals surface area contributed by atoms with E-state index in [9.17, 15) is 4.79 Å². The van der Waals surface area contributed by atoms with Gasteiger partial charge in [0.2, 0.25) is 0 Å². The highest BCUT2D eigenvalue weighted by Crippen LogP contribution is 2.28. The molecule has 0 amide bonds. The second kappa shape index (κ2) is 5.60. The zero-order chi connectivity index (χ0) is 15.0. The lowest BCUT2D eigenvalue weighted by Crippen LogP contribution is -2.51. The first-order valence-corrected chi connectivity index (χ1v) is 7.55. The summed E-state index contributed by atoms with van der Waals surface area (Å²) in [5.41, 5.74) is 0.960. The van der Waals surface area contributed by atoms with Gasteiger partial charge < -0.3 is 14.9 Å². The molecule has 0 aromatic carbocycles. The normalized spacial score (nSPS) is 23.9. The Labute approximate surface area is 124 Å². The molecule has 1 N–H and O–H groups in total. The van der Waals surface area contributed by atoms with Crippen molar-refractivity contribution in [3.05, 3.63) is 17.6 Å². The van der Waals surface area contributed by atoms with Gasteiger partial charge in [-0.2, -0.15) is 0 Å². The van der Waals surface area contributed by atoms with E-state index in [4.69, 9.17) is 10.1 Å². The largest absolute Gasteiger partial charge is 0.481 e. The molecular weight excluding hydrogens is 268 g/mol. The predicted octanol–water partition coefficient (Wildman–Crippen LogP) is 1.12. The fourth-order valence-electron chi connectivity index (χ4n) is 3.12. The van der Waals surface area contributed by atoms with Gasteiger partial charge in [-0.25, -0.2) is 9.97 Å². The molecular formula is C15H22N4O2. The molecule has 3 rings (SSSR count). The molecule has 1 aromatic heterocycles. The number of carbonyl (C=O) groups is 1. The minimum atomic E-state index is -0.717. The molecule has 0 aliphatic carbocycles. The van der Waals surface area contributed by atoms with Gasteiger partial charge in [-0.1, -0.05) is 0 Å². The van der Waals surface area contributed by atoms with Crippen LogP contribution in [0.15, 0.2) is 6.07 Å². The van der Waals surface area contributed by atoms with E-state index in [1.165, 1.54) is 6.42 Å². The molecule has 0 bridgehead atoms. The number of anilines is 1. The number of aromatic nitrogens is 2. The third-order valence-corrected chi connectivity index (χ3v) is 4.40.